The van der Waals surface area contributed by atoms with Crippen molar-refractivity contribution < 1.29 is 72.1 Å². The van der Waals surface area contributed by atoms with Gasteiger partial charge in [0.15, 0.2) is 0 Å². The molecule has 8 heteroatoms. The predicted molar refractivity (Wildman–Crippen MR) is 29.9 cm³/mol. The van der Waals surface area contributed by atoms with Crippen molar-refractivity contribution in [3.63, 3.8) is 0 Å². The summed E-state index contributed by atoms with van der Waals surface area (Å²) < 4.78 is 8.88. The first-order valence-corrected chi connectivity index (χ1v) is 2.35. The summed E-state index contributed by atoms with van der Waals surface area (Å²) in [6, 6.07) is 0. The van der Waals surface area contributed by atoms with E-state index < -0.39 is 7.82 Å². The molecule has 0 radical (unpaired) electrons. The van der Waals surface area contributed by atoms with Crippen molar-refractivity contribution in [1.82, 2.24) is 0 Å². The predicted octanol–water partition coefficient (Wildman–Crippen LogP) is -2.97. The largest absolute Gasteiger partial charge is 1.00 e. The van der Waals surface area contributed by atoms with Gasteiger partial charge in [-0.05, 0) is 0 Å². The van der Waals surface area contributed by atoms with E-state index in [9.17, 15) is 0 Å². The van der Waals surface area contributed by atoms with Gasteiger partial charge in [-0.3, -0.25) is 0 Å². The van der Waals surface area contributed by atoms with Crippen molar-refractivity contribution in [2.24, 2.45) is 0 Å². The molecule has 0 heterocycles. The Bertz CT molecular complexity index is 64.7. The second kappa shape index (κ2) is 9.33. The van der Waals surface area contributed by atoms with Crippen LogP contribution in [0.2, 0.25) is 0 Å². The molecule has 0 aromatic heterocycles. The fourth-order valence-corrected chi connectivity index (χ4v) is 0. The molecular weight excluding hydrogens is 205 g/mol. The van der Waals surface area contributed by atoms with Crippen LogP contribution >= 0.6 is 32.6 Å². The summed E-state index contributed by atoms with van der Waals surface area (Å²) in [7, 11) is -4.64. The Morgan fingerprint density at radius 3 is 1.12 bits per heavy atom. The Kier molecular flexibility index (Phi) is 26.2. The van der Waals surface area contributed by atoms with Gasteiger partial charge >= 0.3 is 59.2 Å². The maximum atomic E-state index is 8.88. The molecule has 0 saturated carbocycles. The summed E-state index contributed by atoms with van der Waals surface area (Å²) >= 11 is 0. The number of hydrogen-bond acceptors (Lipinski definition) is 1. The Balaban J connectivity index is -0.0000000133. The summed E-state index contributed by atoms with van der Waals surface area (Å²) in [5.74, 6) is 0. The van der Waals surface area contributed by atoms with Crippen LogP contribution in [0.3, 0.4) is 0 Å². The van der Waals surface area contributed by atoms with E-state index in [0.29, 0.717) is 0 Å². The van der Waals surface area contributed by atoms with Crippen LogP contribution in [0, 0.1) is 0 Å². The van der Waals surface area contributed by atoms with Gasteiger partial charge in [-0.15, -0.1) is 24.8 Å². The van der Waals surface area contributed by atoms with E-state index in [1.165, 1.54) is 0 Å². The first-order chi connectivity index (χ1) is 2.00. The molecule has 50 valence electrons. The molecule has 0 amide bonds. The van der Waals surface area contributed by atoms with Crippen LogP contribution in [0.15, 0.2) is 0 Å². The molecule has 8 heavy (non-hydrogen) atoms. The summed E-state index contributed by atoms with van der Waals surface area (Å²) in [5.41, 5.74) is 0. The smallest absolute Gasteiger partial charge is 1.00 e. The molecule has 0 aromatic rings. The maximum absolute atomic E-state index is 8.88. The van der Waals surface area contributed by atoms with Gasteiger partial charge in [0.25, 0.3) is 0 Å². The fraction of sp³-hybridized carbons (Fsp3) is 0. The van der Waals surface area contributed by atoms with Crippen LogP contribution in [-0.4, -0.2) is 14.7 Å². The number of hydrogen-bond donors (Lipinski definition) is 3. The summed E-state index contributed by atoms with van der Waals surface area (Å²) in [4.78, 5) is 21.6. The van der Waals surface area contributed by atoms with E-state index in [-0.39, 0.29) is 77.6 Å². The molecule has 0 unspecified atom stereocenters. The SMILES string of the molecule is Cl.Cl.O=P(O)(O)O.[H-].[K+]. The zero-order chi connectivity index (χ0) is 4.50. The van der Waals surface area contributed by atoms with Crippen molar-refractivity contribution in [2.45, 2.75) is 0 Å². The second-order valence-electron chi connectivity index (χ2n) is 0.513. The molecule has 0 aliphatic carbocycles. The Labute approximate surface area is 103 Å². The zero-order valence-corrected chi connectivity index (χ0v) is 9.66. The summed E-state index contributed by atoms with van der Waals surface area (Å²) in [6.45, 7) is 0. The molecule has 3 N–H and O–H groups in total. The van der Waals surface area contributed by atoms with Crippen molar-refractivity contribution >= 4 is 32.6 Å². The number of rotatable bonds is 0. The molecule has 4 nitrogen and oxygen atoms in total. The van der Waals surface area contributed by atoms with Crippen LogP contribution in [0.1, 0.15) is 1.43 Å². The minimum absolute atomic E-state index is 0. The third-order valence-electron chi connectivity index (χ3n) is 0. The molecule has 0 bridgehead atoms. The molecule has 0 atom stereocenters. The quantitative estimate of drug-likeness (QED) is 0.295. The average molecular weight is 211 g/mol. The van der Waals surface area contributed by atoms with E-state index in [4.69, 9.17) is 19.2 Å². The van der Waals surface area contributed by atoms with Crippen LogP contribution in [0.25, 0.3) is 0 Å². The van der Waals surface area contributed by atoms with Gasteiger partial charge in [0.05, 0.1) is 0 Å². The van der Waals surface area contributed by atoms with E-state index in [0.717, 1.165) is 0 Å². The fourth-order valence-electron chi connectivity index (χ4n) is 0. The number of phosphoric acid groups is 1. The number of halogens is 2. The summed E-state index contributed by atoms with van der Waals surface area (Å²) in [5, 5.41) is 0. The Hall–Kier alpha value is 2.33. The van der Waals surface area contributed by atoms with Gasteiger partial charge < -0.3 is 16.1 Å². The van der Waals surface area contributed by atoms with Crippen LogP contribution in [0.5, 0.6) is 0 Å². The molecule has 0 saturated heterocycles. The second-order valence-corrected chi connectivity index (χ2v) is 1.54. The molecular formula is H6Cl2KO4P. The van der Waals surface area contributed by atoms with E-state index in [2.05, 4.69) is 0 Å². The van der Waals surface area contributed by atoms with Crippen molar-refractivity contribution in [2.75, 3.05) is 0 Å². The zero-order valence-electron chi connectivity index (χ0n) is 5.01. The third kappa shape index (κ3) is 82.6. The molecule has 0 spiro atoms. The van der Waals surface area contributed by atoms with E-state index >= 15 is 0 Å². The van der Waals surface area contributed by atoms with Crippen LogP contribution in [0.4, 0.5) is 0 Å². The van der Waals surface area contributed by atoms with E-state index in [1.54, 1.807) is 0 Å². The summed E-state index contributed by atoms with van der Waals surface area (Å²) in [6.07, 6.45) is 0. The van der Waals surface area contributed by atoms with Crippen LogP contribution in [-0.2, 0) is 4.57 Å². The molecule has 0 aliphatic heterocycles. The van der Waals surface area contributed by atoms with Gasteiger partial charge in [0.2, 0.25) is 0 Å². The maximum Gasteiger partial charge on any atom is 1.00 e. The average Bonchev–Trinajstić information content (AvgIpc) is 0.722. The first kappa shape index (κ1) is 22.4. The standard InChI is InChI=1S/2ClH.K.H3O4P.H/c;;;1-5(2,3)4;/h2*1H;;(H3,1,2,3,4);/q;;+1;;-1. The minimum atomic E-state index is -4.64. The van der Waals surface area contributed by atoms with Crippen molar-refractivity contribution in [1.29, 1.82) is 0 Å². The molecule has 0 aliphatic rings. The van der Waals surface area contributed by atoms with Gasteiger partial charge in [-0.1, -0.05) is 0 Å². The van der Waals surface area contributed by atoms with Gasteiger partial charge in [-0.2, -0.15) is 0 Å². The minimum Gasteiger partial charge on any atom is -1.00 e. The molecule has 0 fully saturated rings. The van der Waals surface area contributed by atoms with Crippen molar-refractivity contribution in [3.8, 4) is 0 Å². The first-order valence-electron chi connectivity index (χ1n) is 0.783. The molecule has 0 aromatic carbocycles. The monoisotopic (exact) mass is 210 g/mol. The normalized spacial score (nSPS) is 7.38. The third-order valence-corrected chi connectivity index (χ3v) is 0. The van der Waals surface area contributed by atoms with Crippen LogP contribution < -0.4 is 51.4 Å². The van der Waals surface area contributed by atoms with E-state index in [1.807, 2.05) is 0 Å². The van der Waals surface area contributed by atoms with Gasteiger partial charge in [0, 0.05) is 0 Å². The Morgan fingerprint density at radius 2 is 1.12 bits per heavy atom. The Morgan fingerprint density at radius 1 is 1.12 bits per heavy atom. The molecule has 0 rings (SSSR count). The van der Waals surface area contributed by atoms with Crippen molar-refractivity contribution in [3.05, 3.63) is 0 Å². The topological polar surface area (TPSA) is 77.8 Å². The van der Waals surface area contributed by atoms with Gasteiger partial charge in [0.1, 0.15) is 0 Å². The van der Waals surface area contributed by atoms with Gasteiger partial charge in [-0.25, -0.2) is 4.57 Å².